The Morgan fingerprint density at radius 3 is 1.10 bits per heavy atom. The van der Waals surface area contributed by atoms with Gasteiger partial charge in [-0.3, -0.25) is 9.59 Å². The molecule has 0 radical (unpaired) electrons. The molecule has 322 valence electrons. The van der Waals surface area contributed by atoms with Gasteiger partial charge in [0.05, 0.1) is 11.8 Å². The molecule has 4 atom stereocenters. The second-order valence-electron chi connectivity index (χ2n) is 15.5. The first-order chi connectivity index (χ1) is 28.6. The maximum atomic E-state index is 12.1. The van der Waals surface area contributed by atoms with Crippen LogP contribution < -0.4 is 9.47 Å². The molecule has 0 aliphatic carbocycles. The maximum absolute atomic E-state index is 12.1. The number of benzene rings is 2. The van der Waals surface area contributed by atoms with E-state index in [1.54, 1.807) is 38.1 Å². The monoisotopic (exact) mass is 846 g/mol. The minimum atomic E-state index is -0.344. The maximum Gasteiger partial charge on any atom is 0.315 e. The van der Waals surface area contributed by atoms with E-state index in [-0.39, 0.29) is 34.5 Å². The van der Waals surface area contributed by atoms with Crippen molar-refractivity contribution in [1.82, 2.24) is 19.9 Å². The van der Waals surface area contributed by atoms with Gasteiger partial charge in [0.25, 0.3) is 0 Å². The number of hydrogen-bond acceptors (Lipinski definition) is 8. The zero-order chi connectivity index (χ0) is 42.8. The second-order valence-corrected chi connectivity index (χ2v) is 16.7. The van der Waals surface area contributed by atoms with Crippen molar-refractivity contribution < 1.29 is 19.1 Å². The number of aromatic nitrogens is 4. The van der Waals surface area contributed by atoms with E-state index in [4.69, 9.17) is 32.7 Å². The Bertz CT molecular complexity index is 1740. The molecule has 10 heteroatoms. The van der Waals surface area contributed by atoms with E-state index in [1.807, 2.05) is 62.9 Å². The summed E-state index contributed by atoms with van der Waals surface area (Å²) in [5, 5.41) is -0.435. The molecule has 8 nitrogen and oxygen atoms in total. The highest BCUT2D eigenvalue weighted by atomic mass is 35.5. The number of nitrogens with zero attached hydrogens (tertiary/aromatic N) is 4. The van der Waals surface area contributed by atoms with Gasteiger partial charge in [-0.25, -0.2) is 19.9 Å². The van der Waals surface area contributed by atoms with Crippen molar-refractivity contribution in [2.45, 2.75) is 161 Å². The molecule has 4 rings (SSSR count). The number of esters is 2. The molecule has 0 amide bonds. The number of ether oxygens (including phenoxy) is 2. The average Bonchev–Trinajstić information content (AvgIpc) is 3.27. The standard InChI is InChI=1S/C25H35ClN2O2.C24H33ClN2O2/c1-4-6-7-8-9-10-11-12-20-17-27-24(28-18-20)21-13-15-22(16-14-21)30-25(29)19(3)23(26)5-2;1-4-6-7-8-9-10-11-19-16-26-23(27-17-19)20-12-14-21(15-13-20)29-24(28)18(3)22(25)5-2/h13-19,23H,4-12H2,1-3H3;12-18,22H,4-11H2,1-3H3. The fourth-order valence-corrected chi connectivity index (χ4v) is 6.63. The van der Waals surface area contributed by atoms with Crippen LogP contribution in [0.4, 0.5) is 0 Å². The molecule has 2 aromatic carbocycles. The van der Waals surface area contributed by atoms with Crippen LogP contribution in [0.15, 0.2) is 73.3 Å². The van der Waals surface area contributed by atoms with Crippen LogP contribution in [0.2, 0.25) is 0 Å². The molecule has 4 aromatic rings. The van der Waals surface area contributed by atoms with Crippen LogP contribution in [0.3, 0.4) is 0 Å². The Labute approximate surface area is 364 Å². The minimum absolute atomic E-state index is 0.218. The highest BCUT2D eigenvalue weighted by Gasteiger charge is 2.23. The van der Waals surface area contributed by atoms with Gasteiger partial charge in [0.2, 0.25) is 0 Å². The van der Waals surface area contributed by atoms with Crippen molar-refractivity contribution in [3.8, 4) is 34.3 Å². The Morgan fingerprint density at radius 2 is 0.797 bits per heavy atom. The van der Waals surface area contributed by atoms with Crippen LogP contribution in [0.5, 0.6) is 11.5 Å². The fraction of sp³-hybridized carbons (Fsp3) is 0.551. The number of halogens is 2. The molecule has 2 aromatic heterocycles. The van der Waals surface area contributed by atoms with Crippen LogP contribution in [-0.4, -0.2) is 42.6 Å². The first-order valence-corrected chi connectivity index (χ1v) is 23.0. The number of unbranched alkanes of at least 4 members (excludes halogenated alkanes) is 11. The van der Waals surface area contributed by atoms with Gasteiger partial charge in [0.1, 0.15) is 11.5 Å². The lowest BCUT2D eigenvalue weighted by Gasteiger charge is -2.15. The van der Waals surface area contributed by atoms with Gasteiger partial charge in [-0.2, -0.15) is 0 Å². The lowest BCUT2D eigenvalue weighted by Crippen LogP contribution is -2.25. The molecule has 0 fully saturated rings. The molecule has 0 N–H and O–H groups in total. The smallest absolute Gasteiger partial charge is 0.315 e. The average molecular weight is 848 g/mol. The summed E-state index contributed by atoms with van der Waals surface area (Å²) in [5.74, 6) is 1.06. The van der Waals surface area contributed by atoms with Crippen molar-refractivity contribution in [3.05, 3.63) is 84.4 Å². The summed E-state index contributed by atoms with van der Waals surface area (Å²) in [5.41, 5.74) is 4.15. The van der Waals surface area contributed by atoms with Gasteiger partial charge in [0, 0.05) is 46.7 Å². The van der Waals surface area contributed by atoms with Crippen molar-refractivity contribution >= 4 is 35.1 Å². The van der Waals surface area contributed by atoms with E-state index in [1.165, 1.54) is 94.6 Å². The van der Waals surface area contributed by atoms with Crippen LogP contribution in [-0.2, 0) is 22.4 Å². The third-order valence-electron chi connectivity index (χ3n) is 10.6. The van der Waals surface area contributed by atoms with E-state index in [9.17, 15) is 9.59 Å². The molecule has 0 spiro atoms. The highest BCUT2D eigenvalue weighted by molar-refractivity contribution is 6.22. The van der Waals surface area contributed by atoms with Crippen molar-refractivity contribution in [2.24, 2.45) is 11.8 Å². The second kappa shape index (κ2) is 28.6. The van der Waals surface area contributed by atoms with E-state index in [2.05, 4.69) is 33.8 Å². The van der Waals surface area contributed by atoms with E-state index < -0.39 is 0 Å². The number of alkyl halides is 2. The Hall–Kier alpha value is -3.88. The summed E-state index contributed by atoms with van der Waals surface area (Å²) in [6.07, 6.45) is 28.0. The van der Waals surface area contributed by atoms with Gasteiger partial charge in [-0.1, -0.05) is 112 Å². The molecule has 0 saturated carbocycles. The van der Waals surface area contributed by atoms with Crippen molar-refractivity contribution in [3.63, 3.8) is 0 Å². The first-order valence-electron chi connectivity index (χ1n) is 22.1. The van der Waals surface area contributed by atoms with Crippen LogP contribution in [0.25, 0.3) is 22.8 Å². The largest absolute Gasteiger partial charge is 0.426 e. The van der Waals surface area contributed by atoms with Gasteiger partial charge in [0.15, 0.2) is 11.6 Å². The first kappa shape index (κ1) is 49.5. The number of rotatable bonds is 25. The molecule has 4 unspecified atom stereocenters. The normalized spacial score (nSPS) is 13.1. The van der Waals surface area contributed by atoms with Crippen LogP contribution in [0.1, 0.15) is 149 Å². The van der Waals surface area contributed by atoms with Crippen LogP contribution >= 0.6 is 23.2 Å². The molecule has 0 saturated heterocycles. The van der Waals surface area contributed by atoms with Crippen LogP contribution in [0, 0.1) is 11.8 Å². The summed E-state index contributed by atoms with van der Waals surface area (Å²) in [4.78, 5) is 42.3. The molecule has 2 heterocycles. The summed E-state index contributed by atoms with van der Waals surface area (Å²) in [6.45, 7) is 12.0. The van der Waals surface area contributed by atoms with Gasteiger partial charge in [-0.05, 0) is 98.2 Å². The lowest BCUT2D eigenvalue weighted by atomic mass is 10.1. The summed E-state index contributed by atoms with van der Waals surface area (Å²) < 4.78 is 10.9. The van der Waals surface area contributed by atoms with Gasteiger partial charge < -0.3 is 9.47 Å². The summed E-state index contributed by atoms with van der Waals surface area (Å²) in [6, 6.07) is 14.6. The molecule has 0 aliphatic rings. The predicted octanol–water partition coefficient (Wildman–Crippen LogP) is 13.6. The van der Waals surface area contributed by atoms with E-state index in [0.717, 1.165) is 36.8 Å². The fourth-order valence-electron chi connectivity index (χ4n) is 6.43. The Morgan fingerprint density at radius 1 is 0.492 bits per heavy atom. The third kappa shape index (κ3) is 18.5. The lowest BCUT2D eigenvalue weighted by molar-refractivity contribution is -0.139. The quantitative estimate of drug-likeness (QED) is 0.0281. The zero-order valence-electron chi connectivity index (χ0n) is 36.4. The number of carbonyl (C=O) groups is 2. The van der Waals surface area contributed by atoms with E-state index in [0.29, 0.717) is 23.1 Å². The number of hydrogen-bond donors (Lipinski definition) is 0. The van der Waals surface area contributed by atoms with Gasteiger partial charge >= 0.3 is 11.9 Å². The molecular formula is C49H68Cl2N4O4. The van der Waals surface area contributed by atoms with Crippen molar-refractivity contribution in [2.75, 3.05) is 0 Å². The minimum Gasteiger partial charge on any atom is -0.426 e. The topological polar surface area (TPSA) is 104 Å². The Kier molecular flexibility index (Phi) is 24.0. The van der Waals surface area contributed by atoms with E-state index >= 15 is 0 Å². The number of carbonyl (C=O) groups excluding carboxylic acids is 2. The molecule has 59 heavy (non-hydrogen) atoms. The molecular weight excluding hydrogens is 779 g/mol. The number of aryl methyl sites for hydroxylation is 2. The Balaban J connectivity index is 0.000000316. The molecule has 0 aliphatic heterocycles. The molecule has 0 bridgehead atoms. The van der Waals surface area contributed by atoms with Crippen molar-refractivity contribution in [1.29, 1.82) is 0 Å². The third-order valence-corrected chi connectivity index (χ3v) is 11.9. The zero-order valence-corrected chi connectivity index (χ0v) is 37.9. The van der Waals surface area contributed by atoms with Gasteiger partial charge in [-0.15, -0.1) is 23.2 Å². The summed E-state index contributed by atoms with van der Waals surface area (Å²) >= 11 is 12.3. The SMILES string of the molecule is CCCCCCCCCc1cnc(-c2ccc(OC(=O)C(C)C(Cl)CC)cc2)nc1.CCCCCCCCc1cnc(-c2ccc(OC(=O)C(C)C(Cl)CC)cc2)nc1. The summed E-state index contributed by atoms with van der Waals surface area (Å²) in [7, 11) is 0. The highest BCUT2D eigenvalue weighted by Crippen LogP contribution is 2.24. The predicted molar refractivity (Wildman–Crippen MR) is 243 cm³/mol.